The molecule has 0 radical (unpaired) electrons. The predicted molar refractivity (Wildman–Crippen MR) is 88.0 cm³/mol. The molecule has 0 aliphatic carbocycles. The van der Waals surface area contributed by atoms with Crippen LogP contribution in [0.3, 0.4) is 0 Å². The third-order valence-corrected chi connectivity index (χ3v) is 4.71. The fourth-order valence-electron chi connectivity index (χ4n) is 2.71. The summed E-state index contributed by atoms with van der Waals surface area (Å²) >= 11 is 1.73. The van der Waals surface area contributed by atoms with Gasteiger partial charge in [0.2, 0.25) is 5.91 Å². The van der Waals surface area contributed by atoms with Gasteiger partial charge in [-0.2, -0.15) is 0 Å². The van der Waals surface area contributed by atoms with Crippen LogP contribution >= 0.6 is 11.8 Å². The van der Waals surface area contributed by atoms with Crippen LogP contribution in [-0.4, -0.2) is 28.2 Å². The molecule has 1 aromatic heterocycles. The Morgan fingerprint density at radius 2 is 2.09 bits per heavy atom. The number of carbonyl (C=O) groups excluding carboxylic acids is 1. The fraction of sp³-hybridized carbons (Fsp3) is 0.294. The Bertz CT molecular complexity index is 754. The maximum absolute atomic E-state index is 12.4. The summed E-state index contributed by atoms with van der Waals surface area (Å²) in [5.74, 6) is -0.00658. The zero-order valence-corrected chi connectivity index (χ0v) is 13.3. The second kappa shape index (κ2) is 6.40. The van der Waals surface area contributed by atoms with Crippen molar-refractivity contribution in [1.29, 1.82) is 0 Å². The number of rotatable bonds is 3. The number of amides is 1. The van der Waals surface area contributed by atoms with E-state index in [2.05, 4.69) is 24.5 Å². The lowest BCUT2D eigenvalue weighted by Crippen LogP contribution is -2.39. The summed E-state index contributed by atoms with van der Waals surface area (Å²) in [6.45, 7) is 1.45. The van der Waals surface area contributed by atoms with Crippen molar-refractivity contribution in [2.45, 2.75) is 24.4 Å². The van der Waals surface area contributed by atoms with E-state index in [-0.39, 0.29) is 18.0 Å². The highest BCUT2D eigenvalue weighted by Crippen LogP contribution is 2.24. The summed E-state index contributed by atoms with van der Waals surface area (Å²) in [6, 6.07) is 11.3. The van der Waals surface area contributed by atoms with Crippen LogP contribution in [0.2, 0.25) is 0 Å². The third-order valence-electron chi connectivity index (χ3n) is 3.98. The molecule has 22 heavy (non-hydrogen) atoms. The van der Waals surface area contributed by atoms with E-state index in [0.717, 1.165) is 6.42 Å². The Morgan fingerprint density at radius 1 is 1.23 bits per heavy atom. The molecule has 0 saturated heterocycles. The Labute approximate surface area is 133 Å². The fourth-order valence-corrected chi connectivity index (χ4v) is 3.17. The van der Waals surface area contributed by atoms with E-state index in [1.165, 1.54) is 26.7 Å². The van der Waals surface area contributed by atoms with Crippen molar-refractivity contribution in [3.63, 3.8) is 0 Å². The molecule has 0 unspecified atom stereocenters. The number of aromatic nitrogens is 1. The molecule has 1 aliphatic rings. The van der Waals surface area contributed by atoms with Gasteiger partial charge in [-0.3, -0.25) is 9.59 Å². The second-order valence-corrected chi connectivity index (χ2v) is 6.25. The standard InChI is InChI=1S/C17H18N2O2S/c1-22-15-6-5-14-11-19(9-7-13(14)10-15)17(21)12-18-8-3-2-4-16(18)20/h2-6,8,10H,7,9,11-12H2,1H3. The summed E-state index contributed by atoms with van der Waals surface area (Å²) in [5.41, 5.74) is 2.39. The summed E-state index contributed by atoms with van der Waals surface area (Å²) < 4.78 is 1.45. The van der Waals surface area contributed by atoms with Crippen molar-refractivity contribution < 1.29 is 4.79 Å². The molecule has 1 amide bonds. The van der Waals surface area contributed by atoms with Crippen LogP contribution < -0.4 is 5.56 Å². The van der Waals surface area contributed by atoms with E-state index in [9.17, 15) is 9.59 Å². The molecule has 1 aliphatic heterocycles. The van der Waals surface area contributed by atoms with Crippen molar-refractivity contribution in [3.05, 3.63) is 64.1 Å². The molecule has 0 N–H and O–H groups in total. The van der Waals surface area contributed by atoms with Gasteiger partial charge in [0.05, 0.1) is 0 Å². The quantitative estimate of drug-likeness (QED) is 0.815. The maximum atomic E-state index is 12.4. The first kappa shape index (κ1) is 14.9. The number of fused-ring (bicyclic) bond motifs is 1. The van der Waals surface area contributed by atoms with Crippen LogP contribution in [0.15, 0.2) is 52.3 Å². The van der Waals surface area contributed by atoms with Gasteiger partial charge in [0, 0.05) is 30.2 Å². The summed E-state index contributed by atoms with van der Waals surface area (Å²) in [5, 5.41) is 0. The average Bonchev–Trinajstić information content (AvgIpc) is 2.56. The minimum Gasteiger partial charge on any atom is -0.336 e. The zero-order chi connectivity index (χ0) is 15.5. The highest BCUT2D eigenvalue weighted by Gasteiger charge is 2.21. The largest absolute Gasteiger partial charge is 0.336 e. The van der Waals surface area contributed by atoms with E-state index in [1.54, 1.807) is 30.1 Å². The van der Waals surface area contributed by atoms with E-state index >= 15 is 0 Å². The minimum absolute atomic E-state index is 0.00658. The lowest BCUT2D eigenvalue weighted by molar-refractivity contribution is -0.132. The Balaban J connectivity index is 1.73. The van der Waals surface area contributed by atoms with Gasteiger partial charge in [0.25, 0.3) is 5.56 Å². The molecule has 3 rings (SSSR count). The molecule has 0 bridgehead atoms. The monoisotopic (exact) mass is 314 g/mol. The van der Waals surface area contributed by atoms with Gasteiger partial charge >= 0.3 is 0 Å². The summed E-state index contributed by atoms with van der Waals surface area (Å²) in [4.78, 5) is 27.2. The number of hydrogen-bond acceptors (Lipinski definition) is 3. The molecule has 2 heterocycles. The van der Waals surface area contributed by atoms with E-state index in [0.29, 0.717) is 13.1 Å². The average molecular weight is 314 g/mol. The Kier molecular flexibility index (Phi) is 4.34. The highest BCUT2D eigenvalue weighted by atomic mass is 32.2. The number of pyridine rings is 1. The topological polar surface area (TPSA) is 42.3 Å². The Morgan fingerprint density at radius 3 is 2.86 bits per heavy atom. The minimum atomic E-state index is -0.141. The van der Waals surface area contributed by atoms with Crippen LogP contribution in [0.5, 0.6) is 0 Å². The van der Waals surface area contributed by atoms with Crippen LogP contribution in [0.1, 0.15) is 11.1 Å². The number of thioether (sulfide) groups is 1. The SMILES string of the molecule is CSc1ccc2c(c1)CCN(C(=O)Cn1ccccc1=O)C2. The third kappa shape index (κ3) is 3.09. The van der Waals surface area contributed by atoms with Crippen molar-refractivity contribution in [2.75, 3.05) is 12.8 Å². The van der Waals surface area contributed by atoms with Crippen LogP contribution in [0.4, 0.5) is 0 Å². The zero-order valence-electron chi connectivity index (χ0n) is 12.5. The molecular weight excluding hydrogens is 296 g/mol. The smallest absolute Gasteiger partial charge is 0.250 e. The van der Waals surface area contributed by atoms with Gasteiger partial charge in [-0.25, -0.2) is 0 Å². The molecule has 0 saturated carbocycles. The van der Waals surface area contributed by atoms with Gasteiger partial charge in [0.15, 0.2) is 0 Å². The molecule has 1 aromatic carbocycles. The first-order valence-electron chi connectivity index (χ1n) is 7.26. The molecule has 0 fully saturated rings. The van der Waals surface area contributed by atoms with Gasteiger partial charge in [0.1, 0.15) is 6.54 Å². The lowest BCUT2D eigenvalue weighted by atomic mass is 10.00. The van der Waals surface area contributed by atoms with Gasteiger partial charge < -0.3 is 9.47 Å². The number of benzene rings is 1. The van der Waals surface area contributed by atoms with E-state index < -0.39 is 0 Å². The van der Waals surface area contributed by atoms with Crippen LogP contribution in [0, 0.1) is 0 Å². The molecule has 114 valence electrons. The molecule has 0 spiro atoms. The first-order chi connectivity index (χ1) is 10.7. The second-order valence-electron chi connectivity index (χ2n) is 5.37. The van der Waals surface area contributed by atoms with Gasteiger partial charge in [-0.05, 0) is 42.0 Å². The predicted octanol–water partition coefficient (Wildman–Crippen LogP) is 2.16. The molecular formula is C17H18N2O2S. The molecule has 5 heteroatoms. The Hall–Kier alpha value is -2.01. The number of carbonyl (C=O) groups is 1. The normalized spacial score (nSPS) is 13.8. The number of nitrogens with zero attached hydrogens (tertiary/aromatic N) is 2. The summed E-state index contributed by atoms with van der Waals surface area (Å²) in [7, 11) is 0. The van der Waals surface area contributed by atoms with Crippen molar-refractivity contribution in [2.24, 2.45) is 0 Å². The van der Waals surface area contributed by atoms with Crippen molar-refractivity contribution in [3.8, 4) is 0 Å². The van der Waals surface area contributed by atoms with Crippen molar-refractivity contribution >= 4 is 17.7 Å². The maximum Gasteiger partial charge on any atom is 0.250 e. The van der Waals surface area contributed by atoms with E-state index in [1.807, 2.05) is 4.90 Å². The van der Waals surface area contributed by atoms with Crippen molar-refractivity contribution in [1.82, 2.24) is 9.47 Å². The number of hydrogen-bond donors (Lipinski definition) is 0. The van der Waals surface area contributed by atoms with Crippen LogP contribution in [-0.2, 0) is 24.3 Å². The molecule has 0 atom stereocenters. The first-order valence-corrected chi connectivity index (χ1v) is 8.49. The summed E-state index contributed by atoms with van der Waals surface area (Å²) in [6.07, 6.45) is 4.60. The van der Waals surface area contributed by atoms with Gasteiger partial charge in [-0.1, -0.05) is 12.1 Å². The lowest BCUT2D eigenvalue weighted by Gasteiger charge is -2.29. The highest BCUT2D eigenvalue weighted by molar-refractivity contribution is 7.98. The molecule has 2 aromatic rings. The van der Waals surface area contributed by atoms with Gasteiger partial charge in [-0.15, -0.1) is 11.8 Å². The van der Waals surface area contributed by atoms with Crippen LogP contribution in [0.25, 0.3) is 0 Å². The van der Waals surface area contributed by atoms with E-state index in [4.69, 9.17) is 0 Å². The molecule has 4 nitrogen and oxygen atoms in total.